The lowest BCUT2D eigenvalue weighted by molar-refractivity contribution is 0.0601. The van der Waals surface area contributed by atoms with E-state index in [-0.39, 0.29) is 26.7 Å². The van der Waals surface area contributed by atoms with Crippen LogP contribution in [-0.4, -0.2) is 29.9 Å². The van der Waals surface area contributed by atoms with Crippen LogP contribution in [0.25, 0.3) is 0 Å². The highest BCUT2D eigenvalue weighted by molar-refractivity contribution is 7.93. The van der Waals surface area contributed by atoms with Gasteiger partial charge in [-0.15, -0.1) is 0 Å². The predicted octanol–water partition coefficient (Wildman–Crippen LogP) is 2.24. The first-order valence-electron chi connectivity index (χ1n) is 9.01. The van der Waals surface area contributed by atoms with E-state index in [1.165, 1.54) is 66.7 Å². The molecule has 0 atom stereocenters. The SMILES string of the molecule is COC(=O)c1ccc(NS(=O)(=O)c2ccc(N)cc2)c(NS(=O)(=O)c2ccc(N)cc2)c1. The Morgan fingerprint density at radius 3 is 1.59 bits per heavy atom. The van der Waals surface area contributed by atoms with Crippen LogP contribution >= 0.6 is 0 Å². The summed E-state index contributed by atoms with van der Waals surface area (Å²) in [5.41, 5.74) is 11.7. The quantitative estimate of drug-likeness (QED) is 0.297. The van der Waals surface area contributed by atoms with E-state index in [9.17, 15) is 21.6 Å². The van der Waals surface area contributed by atoms with E-state index in [1.54, 1.807) is 0 Å². The summed E-state index contributed by atoms with van der Waals surface area (Å²) in [6.07, 6.45) is 0. The fourth-order valence-corrected chi connectivity index (χ4v) is 4.81. The molecule has 0 saturated carbocycles. The van der Waals surface area contributed by atoms with Gasteiger partial charge >= 0.3 is 5.97 Å². The van der Waals surface area contributed by atoms with Gasteiger partial charge in [-0.1, -0.05) is 0 Å². The number of hydrogen-bond donors (Lipinski definition) is 4. The summed E-state index contributed by atoms with van der Waals surface area (Å²) in [7, 11) is -7.06. The second kappa shape index (κ2) is 8.77. The summed E-state index contributed by atoms with van der Waals surface area (Å²) >= 11 is 0. The number of anilines is 4. The summed E-state index contributed by atoms with van der Waals surface area (Å²) in [6.45, 7) is 0. The van der Waals surface area contributed by atoms with Crippen LogP contribution in [0, 0.1) is 0 Å². The molecule has 0 unspecified atom stereocenters. The largest absolute Gasteiger partial charge is 0.465 e. The molecule has 0 amide bonds. The van der Waals surface area contributed by atoms with Crippen LogP contribution in [0.2, 0.25) is 0 Å². The van der Waals surface area contributed by atoms with E-state index >= 15 is 0 Å². The van der Waals surface area contributed by atoms with E-state index in [0.29, 0.717) is 11.4 Å². The summed E-state index contributed by atoms with van der Waals surface area (Å²) in [5, 5.41) is 0. The van der Waals surface area contributed by atoms with Crippen molar-refractivity contribution in [2.45, 2.75) is 9.79 Å². The molecule has 168 valence electrons. The molecule has 0 fully saturated rings. The number of carbonyl (C=O) groups excluding carboxylic acids is 1. The van der Waals surface area contributed by atoms with Gasteiger partial charge in [-0.25, -0.2) is 21.6 Å². The normalized spacial score (nSPS) is 11.5. The monoisotopic (exact) mass is 476 g/mol. The number of ether oxygens (including phenoxy) is 1. The molecule has 0 aliphatic carbocycles. The van der Waals surface area contributed by atoms with Gasteiger partial charge in [0.1, 0.15) is 0 Å². The fourth-order valence-electron chi connectivity index (χ4n) is 2.66. The van der Waals surface area contributed by atoms with Gasteiger partial charge in [0.25, 0.3) is 20.0 Å². The number of sulfonamides is 2. The van der Waals surface area contributed by atoms with Crippen molar-refractivity contribution in [3.8, 4) is 0 Å². The molecular formula is C20H20N4O6S2. The highest BCUT2D eigenvalue weighted by Crippen LogP contribution is 2.29. The minimum atomic E-state index is -4.14. The Labute approximate surface area is 185 Å². The Morgan fingerprint density at radius 1 is 0.719 bits per heavy atom. The molecule has 12 heteroatoms. The lowest BCUT2D eigenvalue weighted by Gasteiger charge is -2.16. The zero-order valence-corrected chi connectivity index (χ0v) is 18.4. The number of nitrogen functional groups attached to an aromatic ring is 2. The molecule has 0 aliphatic heterocycles. The average molecular weight is 477 g/mol. The van der Waals surface area contributed by atoms with Crippen LogP contribution in [0.15, 0.2) is 76.5 Å². The molecule has 3 rings (SSSR count). The lowest BCUT2D eigenvalue weighted by Crippen LogP contribution is -2.18. The minimum absolute atomic E-state index is 0.0120. The summed E-state index contributed by atoms with van der Waals surface area (Å²) in [5.74, 6) is -0.731. The molecule has 0 radical (unpaired) electrons. The van der Waals surface area contributed by atoms with E-state index < -0.39 is 26.0 Å². The number of esters is 1. The van der Waals surface area contributed by atoms with Crippen molar-refractivity contribution in [3.05, 3.63) is 72.3 Å². The van der Waals surface area contributed by atoms with Gasteiger partial charge in [-0.2, -0.15) is 0 Å². The molecule has 0 aliphatic rings. The Kier molecular flexibility index (Phi) is 6.27. The van der Waals surface area contributed by atoms with Crippen LogP contribution < -0.4 is 20.9 Å². The molecular weight excluding hydrogens is 456 g/mol. The maximum atomic E-state index is 12.8. The fraction of sp³-hybridized carbons (Fsp3) is 0.0500. The van der Waals surface area contributed by atoms with E-state index in [0.717, 1.165) is 7.11 Å². The van der Waals surface area contributed by atoms with Crippen LogP contribution in [0.5, 0.6) is 0 Å². The number of nitrogens with two attached hydrogens (primary N) is 2. The topological polar surface area (TPSA) is 171 Å². The van der Waals surface area contributed by atoms with Crippen LogP contribution in [-0.2, 0) is 24.8 Å². The van der Waals surface area contributed by atoms with Crippen LogP contribution in [0.4, 0.5) is 22.7 Å². The first-order valence-corrected chi connectivity index (χ1v) is 12.0. The zero-order chi connectivity index (χ0) is 23.5. The molecule has 6 N–H and O–H groups in total. The third-order valence-corrected chi connectivity index (χ3v) is 7.07. The Hall–Kier alpha value is -3.77. The van der Waals surface area contributed by atoms with Crippen molar-refractivity contribution in [3.63, 3.8) is 0 Å². The van der Waals surface area contributed by atoms with E-state index in [4.69, 9.17) is 11.5 Å². The lowest BCUT2D eigenvalue weighted by atomic mass is 10.2. The average Bonchev–Trinajstić information content (AvgIpc) is 2.74. The van der Waals surface area contributed by atoms with Gasteiger partial charge < -0.3 is 16.2 Å². The predicted molar refractivity (Wildman–Crippen MR) is 121 cm³/mol. The Morgan fingerprint density at radius 2 is 1.16 bits per heavy atom. The molecule has 0 bridgehead atoms. The number of rotatable bonds is 7. The molecule has 0 spiro atoms. The highest BCUT2D eigenvalue weighted by Gasteiger charge is 2.21. The van der Waals surface area contributed by atoms with Gasteiger partial charge in [0.2, 0.25) is 0 Å². The van der Waals surface area contributed by atoms with Gasteiger partial charge in [0.15, 0.2) is 0 Å². The molecule has 0 aromatic heterocycles. The molecule has 3 aromatic carbocycles. The second-order valence-corrected chi connectivity index (χ2v) is 9.97. The number of nitrogens with one attached hydrogen (secondary N) is 2. The van der Waals surface area contributed by atoms with Crippen LogP contribution in [0.1, 0.15) is 10.4 Å². The highest BCUT2D eigenvalue weighted by atomic mass is 32.2. The van der Waals surface area contributed by atoms with E-state index in [2.05, 4.69) is 14.2 Å². The Bertz CT molecular complexity index is 1350. The van der Waals surface area contributed by atoms with Crippen molar-refractivity contribution in [2.75, 3.05) is 28.0 Å². The first-order chi connectivity index (χ1) is 15.0. The van der Waals surface area contributed by atoms with Gasteiger partial charge in [-0.05, 0) is 66.7 Å². The van der Waals surface area contributed by atoms with Gasteiger partial charge in [0, 0.05) is 11.4 Å². The summed E-state index contributed by atoms with van der Waals surface area (Å²) in [4.78, 5) is 11.7. The van der Waals surface area contributed by atoms with Crippen LogP contribution in [0.3, 0.4) is 0 Å². The number of methoxy groups -OCH3 is 1. The second-order valence-electron chi connectivity index (χ2n) is 6.60. The number of benzene rings is 3. The molecule has 0 heterocycles. The maximum Gasteiger partial charge on any atom is 0.337 e. The third kappa shape index (κ3) is 5.10. The maximum absolute atomic E-state index is 12.8. The van der Waals surface area contributed by atoms with Gasteiger partial charge in [0.05, 0.1) is 33.8 Å². The first kappa shape index (κ1) is 22.9. The van der Waals surface area contributed by atoms with Crippen molar-refractivity contribution >= 4 is 48.8 Å². The van der Waals surface area contributed by atoms with E-state index in [1.807, 2.05) is 0 Å². The number of carbonyl (C=O) groups is 1. The van der Waals surface area contributed by atoms with Crippen molar-refractivity contribution in [1.29, 1.82) is 0 Å². The summed E-state index contributed by atoms with van der Waals surface area (Å²) < 4.78 is 60.5. The van der Waals surface area contributed by atoms with Crippen molar-refractivity contribution in [2.24, 2.45) is 0 Å². The zero-order valence-electron chi connectivity index (χ0n) is 16.8. The number of hydrogen-bond acceptors (Lipinski definition) is 8. The summed E-state index contributed by atoms with van der Waals surface area (Å²) in [6, 6.07) is 14.6. The smallest absolute Gasteiger partial charge is 0.337 e. The minimum Gasteiger partial charge on any atom is -0.465 e. The third-order valence-electron chi connectivity index (χ3n) is 4.31. The van der Waals surface area contributed by atoms with Crippen molar-refractivity contribution in [1.82, 2.24) is 0 Å². The Balaban J connectivity index is 2.03. The van der Waals surface area contributed by atoms with Crippen molar-refractivity contribution < 1.29 is 26.4 Å². The molecule has 32 heavy (non-hydrogen) atoms. The molecule has 10 nitrogen and oxygen atoms in total. The molecule has 0 saturated heterocycles. The standard InChI is InChI=1S/C20H20N4O6S2/c1-30-20(25)13-2-11-18(23-31(26,27)16-7-3-14(21)4-8-16)19(12-13)24-32(28,29)17-9-5-15(22)6-10-17/h2-12,23-24H,21-22H2,1H3. The van der Waals surface area contributed by atoms with Gasteiger partial charge in [-0.3, -0.25) is 9.44 Å². The molecule has 3 aromatic rings.